The SMILES string of the molecule is CC#CC(=O)Cc1ccccc1C1=NCC(CNc2c(Cl)c(OC)cc(OC)c2Cl)=C1.CC#CC(=O)Cc1ccccc1C1=NCC(CNc2c(Cl)c(OC)cc(OC)c2Cl)=C1.COc1cc(OC)c(Cl)c(NCC2=CC(c3ccccc3N)=NC2)c1Cl.COc1cc(OC)c(Cl)c(NCC2=CC(c3ccccc3[N+](=O)[O-])=NC2)c1Cl.O=[N+]([O-])c1ccccc1C1=NCC(CO)=C1. The molecule has 0 spiro atoms. The van der Waals surface area contributed by atoms with E-state index in [1.807, 2.05) is 97.1 Å². The molecule has 0 bridgehead atoms. The van der Waals surface area contributed by atoms with Gasteiger partial charge in [-0.15, -0.1) is 0 Å². The number of methoxy groups -OCH3 is 8. The van der Waals surface area contributed by atoms with Crippen molar-refractivity contribution < 1.29 is 62.4 Å². The van der Waals surface area contributed by atoms with Crippen LogP contribution in [0, 0.1) is 43.9 Å². The zero-order valence-corrected chi connectivity index (χ0v) is 79.2. The van der Waals surface area contributed by atoms with Crippen molar-refractivity contribution >= 4 is 173 Å². The van der Waals surface area contributed by atoms with Gasteiger partial charge in [-0.1, -0.05) is 196 Å². The number of nitrogens with one attached hydrogen (secondary N) is 4. The summed E-state index contributed by atoms with van der Waals surface area (Å²) in [6.45, 7) is 7.68. The normalized spacial score (nSPS) is 13.0. The van der Waals surface area contributed by atoms with Gasteiger partial charge in [-0.05, 0) is 113 Å². The van der Waals surface area contributed by atoms with Crippen molar-refractivity contribution in [2.24, 2.45) is 25.0 Å². The Morgan fingerprint density at radius 1 is 0.364 bits per heavy atom. The summed E-state index contributed by atoms with van der Waals surface area (Å²) in [5, 5.41) is 47.0. The summed E-state index contributed by atoms with van der Waals surface area (Å²) in [6, 6.07) is 42.7. The molecule has 0 aromatic heterocycles. The van der Waals surface area contributed by atoms with Crippen LogP contribution in [0.5, 0.6) is 46.0 Å². The molecule has 9 aromatic carbocycles. The zero-order chi connectivity index (χ0) is 95.2. The van der Waals surface area contributed by atoms with E-state index in [0.29, 0.717) is 196 Å². The molecule has 0 aliphatic carbocycles. The van der Waals surface area contributed by atoms with E-state index in [4.69, 9.17) is 142 Å². The lowest BCUT2D eigenvalue weighted by molar-refractivity contribution is -0.385. The third-order valence-electron chi connectivity index (χ3n) is 20.2. The summed E-state index contributed by atoms with van der Waals surface area (Å²) in [5.41, 5.74) is 23.1. The molecule has 5 aliphatic rings. The van der Waals surface area contributed by atoms with Crippen LogP contribution >= 0.6 is 92.8 Å². The number of nitrogen functional groups attached to an aromatic ring is 1. The lowest BCUT2D eigenvalue weighted by Gasteiger charge is -2.16. The van der Waals surface area contributed by atoms with E-state index in [1.54, 1.807) is 94.8 Å². The van der Waals surface area contributed by atoms with Crippen molar-refractivity contribution in [3.63, 3.8) is 0 Å². The number of halogens is 8. The second-order valence-corrected chi connectivity index (χ2v) is 31.7. The molecule has 0 unspecified atom stereocenters. The van der Waals surface area contributed by atoms with Crippen LogP contribution in [0.3, 0.4) is 0 Å². The highest BCUT2D eigenvalue weighted by Crippen LogP contribution is 2.49. The molecule has 0 amide bonds. The molecule has 5 aliphatic heterocycles. The lowest BCUT2D eigenvalue weighted by Crippen LogP contribution is -2.08. The highest BCUT2D eigenvalue weighted by atomic mass is 35.5. The van der Waals surface area contributed by atoms with Gasteiger partial charge in [0.1, 0.15) is 86.2 Å². The Labute approximate surface area is 803 Å². The fourth-order valence-corrected chi connectivity index (χ4v) is 16.2. The second kappa shape index (κ2) is 49.3. The summed E-state index contributed by atoms with van der Waals surface area (Å²) < 4.78 is 42.3. The molecular formula is C97H90Cl8N12O15. The van der Waals surface area contributed by atoms with E-state index in [-0.39, 0.29) is 42.4 Å². The average molecular weight is 1950 g/mol. The summed E-state index contributed by atoms with van der Waals surface area (Å²) in [6.07, 6.45) is 10.1. The molecular weight excluding hydrogens is 1860 g/mol. The number of ketones is 2. The number of aliphatic imine (C=N–C) groups is 5. The van der Waals surface area contributed by atoms with E-state index < -0.39 is 9.85 Å². The third kappa shape index (κ3) is 25.8. The number of aliphatic hydroxyl groups excluding tert-OH is 1. The molecule has 27 nitrogen and oxygen atoms in total. The predicted octanol–water partition coefficient (Wildman–Crippen LogP) is 20.5. The second-order valence-electron chi connectivity index (χ2n) is 28.6. The molecule has 0 atom stereocenters. The quantitative estimate of drug-likeness (QED) is 0.00750. The van der Waals surface area contributed by atoms with Crippen molar-refractivity contribution in [2.75, 3.05) is 149 Å². The first-order chi connectivity index (χ1) is 63.7. The monoisotopic (exact) mass is 1940 g/mol. The van der Waals surface area contributed by atoms with Crippen LogP contribution in [0.25, 0.3) is 0 Å². The Morgan fingerprint density at radius 2 is 0.591 bits per heavy atom. The highest BCUT2D eigenvalue weighted by Gasteiger charge is 2.27. The number of benzene rings is 9. The number of hydrogen-bond donors (Lipinski definition) is 6. The lowest BCUT2D eigenvalue weighted by atomic mass is 9.98. The molecule has 5 heterocycles. The third-order valence-corrected chi connectivity index (χ3v) is 23.2. The van der Waals surface area contributed by atoms with Gasteiger partial charge in [0, 0.05) is 97.8 Å². The van der Waals surface area contributed by atoms with E-state index >= 15 is 0 Å². The van der Waals surface area contributed by atoms with Gasteiger partial charge < -0.3 is 70.0 Å². The Bertz CT molecular complexity index is 6070. The Morgan fingerprint density at radius 3 is 0.841 bits per heavy atom. The maximum Gasteiger partial charge on any atom is 0.278 e. The smallest absolute Gasteiger partial charge is 0.278 e. The minimum Gasteiger partial charge on any atom is -0.495 e. The zero-order valence-electron chi connectivity index (χ0n) is 73.1. The van der Waals surface area contributed by atoms with Gasteiger partial charge in [-0.25, -0.2) is 0 Å². The van der Waals surface area contributed by atoms with Gasteiger partial charge in [-0.3, -0.25) is 54.8 Å². The first kappa shape index (κ1) is 101. The number of nitro benzene ring substituents is 2. The van der Waals surface area contributed by atoms with Crippen molar-refractivity contribution in [3.05, 3.63) is 303 Å². The number of nitro groups is 2. The molecule has 684 valence electrons. The van der Waals surface area contributed by atoms with Crippen LogP contribution in [0.2, 0.25) is 40.2 Å². The van der Waals surface area contributed by atoms with E-state index in [2.05, 4.69) is 69.9 Å². The summed E-state index contributed by atoms with van der Waals surface area (Å²) in [4.78, 5) is 67.6. The number of ether oxygens (including phenoxy) is 8. The van der Waals surface area contributed by atoms with Crippen molar-refractivity contribution in [1.82, 2.24) is 0 Å². The van der Waals surface area contributed by atoms with Crippen molar-refractivity contribution in [2.45, 2.75) is 26.7 Å². The van der Waals surface area contributed by atoms with E-state index in [9.17, 15) is 29.8 Å². The fourth-order valence-electron chi connectivity index (χ4n) is 13.7. The van der Waals surface area contributed by atoms with Crippen LogP contribution in [-0.2, 0) is 22.4 Å². The van der Waals surface area contributed by atoms with Crippen molar-refractivity contribution in [3.8, 4) is 69.7 Å². The van der Waals surface area contributed by atoms with Gasteiger partial charge in [-0.2, -0.15) is 0 Å². The highest BCUT2D eigenvalue weighted by molar-refractivity contribution is 6.43. The van der Waals surface area contributed by atoms with Crippen molar-refractivity contribution in [1.29, 1.82) is 0 Å². The largest absolute Gasteiger partial charge is 0.495 e. The number of Topliss-reactive ketones (excluding diaryl/α,β-unsaturated/α-hetero) is 2. The number of anilines is 5. The minimum atomic E-state index is -0.428. The predicted molar refractivity (Wildman–Crippen MR) is 531 cm³/mol. The standard InChI is InChI=1S/2C24H22Cl2N2O3.C19H17Cl2N3O4.C19H19Cl2N3O2.C11H10N2O3/c2*1-4-7-17(29)11-16-8-5-6-9-18(16)19-10-15(13-27-19)14-28-24-22(25)20(30-2)12-21(31-3)23(24)26;1-27-15-8-16(28-2)18(21)19(17(15)20)23-10-11-7-13(22-9-11)12-5-3-4-6-14(12)24(25)26;1-25-15-8-16(26-2)18(21)19(17(15)20)24-10-11-7-14(23-9-11)12-5-3-4-6-13(12)22;14-7-8-5-10(12-6-8)9-3-1-2-4-11(9)13(15)16/h2*5-6,8-10,12,28H,11,13-14H2,1-3H3;3-8,23H,9-10H2,1-2H3;3-8,24H,9-10,22H2,1-2H3;1-5,14H,6-7H2. The molecule has 0 saturated heterocycles. The first-order valence-electron chi connectivity index (χ1n) is 40.2. The fraction of sp³-hybridized carbons (Fsp3) is 0.227. The molecule has 35 heteroatoms. The number of allylic oxidation sites excluding steroid dienone is 5. The van der Waals surface area contributed by atoms with Gasteiger partial charge >= 0.3 is 0 Å². The summed E-state index contributed by atoms with van der Waals surface area (Å²) >= 11 is 51.2. The van der Waals surface area contributed by atoms with Crippen LogP contribution in [0.15, 0.2) is 229 Å². The molecule has 0 saturated carbocycles. The molecule has 9 aromatic rings. The first-order valence-corrected chi connectivity index (χ1v) is 43.3. The Balaban J connectivity index is 0.000000173. The van der Waals surface area contributed by atoms with Crippen LogP contribution in [-0.4, -0.2) is 177 Å². The Kier molecular flexibility index (Phi) is 37.7. The topological polar surface area (TPSA) is 350 Å². The number of aliphatic hydroxyl groups is 1. The number of para-hydroxylation sites is 3. The number of hydrogen-bond acceptors (Lipinski definition) is 25. The number of nitrogens with two attached hydrogens (primary N) is 1. The number of carbonyl (C=O) groups excluding carboxylic acids is 2. The van der Waals surface area contributed by atoms with Crippen LogP contribution < -0.4 is 64.9 Å². The number of rotatable bonds is 32. The van der Waals surface area contributed by atoms with E-state index in [0.717, 1.165) is 72.8 Å². The summed E-state index contributed by atoms with van der Waals surface area (Å²) in [7, 11) is 12.2. The molecule has 14 rings (SSSR count). The van der Waals surface area contributed by atoms with Gasteiger partial charge in [0.25, 0.3) is 11.4 Å². The maximum absolute atomic E-state index is 12.0. The van der Waals surface area contributed by atoms with Gasteiger partial charge in [0.2, 0.25) is 11.6 Å². The Hall–Kier alpha value is -13.0. The minimum absolute atomic E-state index is 0.0235. The molecule has 0 fully saturated rings. The van der Waals surface area contributed by atoms with E-state index in [1.165, 1.54) is 54.8 Å². The van der Waals surface area contributed by atoms with Crippen LogP contribution in [0.1, 0.15) is 52.8 Å². The summed E-state index contributed by atoms with van der Waals surface area (Å²) in [5.74, 6) is 14.0. The van der Waals surface area contributed by atoms with Crippen LogP contribution in [0.4, 0.5) is 39.8 Å². The average Bonchev–Trinajstić information content (AvgIpc) is 0.962. The van der Waals surface area contributed by atoms with Gasteiger partial charge in [0.05, 0.1) is 168 Å². The molecule has 0 radical (unpaired) electrons. The molecule has 132 heavy (non-hydrogen) atoms. The maximum atomic E-state index is 12.0. The van der Waals surface area contributed by atoms with Gasteiger partial charge in [0.15, 0.2) is 0 Å². The number of carbonyl (C=O) groups is 2. The number of nitrogens with zero attached hydrogens (tertiary/aromatic N) is 7. The molecule has 7 N–H and O–H groups in total.